The van der Waals surface area contributed by atoms with Crippen molar-refractivity contribution in [3.8, 4) is 0 Å². The lowest BCUT2D eigenvalue weighted by atomic mass is 9.83. The number of carbonyl (C=O) groups is 1. The summed E-state index contributed by atoms with van der Waals surface area (Å²) in [4.78, 5) is 11.7. The van der Waals surface area contributed by atoms with Crippen LogP contribution in [0.5, 0.6) is 0 Å². The largest absolute Gasteiger partial charge is 0.478 e. The normalized spacial score (nSPS) is 15.7. The summed E-state index contributed by atoms with van der Waals surface area (Å²) in [6.07, 6.45) is 5.62. The second-order valence-electron chi connectivity index (χ2n) is 6.36. The zero-order valence-corrected chi connectivity index (χ0v) is 14.6. The van der Waals surface area contributed by atoms with Crippen LogP contribution in [0.15, 0.2) is 53.4 Å². The van der Waals surface area contributed by atoms with E-state index in [9.17, 15) is 18.3 Å². The summed E-state index contributed by atoms with van der Waals surface area (Å²) in [5.41, 5.74) is 1.05. The molecule has 1 fully saturated rings. The van der Waals surface area contributed by atoms with Crippen LogP contribution in [-0.2, 0) is 10.0 Å². The molecule has 25 heavy (non-hydrogen) atoms. The molecule has 1 aliphatic rings. The highest BCUT2D eigenvalue weighted by molar-refractivity contribution is 7.92. The van der Waals surface area contributed by atoms with Gasteiger partial charge < -0.3 is 5.11 Å². The highest BCUT2D eigenvalue weighted by Gasteiger charge is 2.21. The maximum Gasteiger partial charge on any atom is 0.337 e. The third-order valence-corrected chi connectivity index (χ3v) is 6.03. The quantitative estimate of drug-likeness (QED) is 0.837. The Labute approximate surface area is 147 Å². The minimum Gasteiger partial charge on any atom is -0.478 e. The maximum absolute atomic E-state index is 12.5. The van der Waals surface area contributed by atoms with Gasteiger partial charge in [-0.3, -0.25) is 4.72 Å². The Morgan fingerprint density at radius 2 is 1.68 bits per heavy atom. The Morgan fingerprint density at radius 1 is 1.00 bits per heavy atom. The van der Waals surface area contributed by atoms with E-state index >= 15 is 0 Å². The van der Waals surface area contributed by atoms with Crippen molar-refractivity contribution < 1.29 is 18.3 Å². The zero-order valence-electron chi connectivity index (χ0n) is 13.8. The summed E-state index contributed by atoms with van der Waals surface area (Å²) in [6.45, 7) is 0. The average Bonchev–Trinajstić information content (AvgIpc) is 2.63. The van der Waals surface area contributed by atoms with Crippen LogP contribution in [-0.4, -0.2) is 19.5 Å². The summed E-state index contributed by atoms with van der Waals surface area (Å²) >= 11 is 0. The molecule has 1 aliphatic carbocycles. The van der Waals surface area contributed by atoms with Gasteiger partial charge in [0, 0.05) is 0 Å². The zero-order chi connectivity index (χ0) is 17.9. The van der Waals surface area contributed by atoms with Crippen molar-refractivity contribution in [2.45, 2.75) is 42.9 Å². The third-order valence-electron chi connectivity index (χ3n) is 4.65. The first-order valence-electron chi connectivity index (χ1n) is 8.42. The number of anilines is 1. The average molecular weight is 359 g/mol. The second-order valence-corrected chi connectivity index (χ2v) is 8.05. The van der Waals surface area contributed by atoms with E-state index in [0.717, 1.165) is 31.2 Å². The molecule has 132 valence electrons. The van der Waals surface area contributed by atoms with E-state index in [4.69, 9.17) is 0 Å². The molecule has 6 heteroatoms. The molecular weight excluding hydrogens is 338 g/mol. The first kappa shape index (κ1) is 17.5. The van der Waals surface area contributed by atoms with E-state index in [-0.39, 0.29) is 16.1 Å². The number of carboxylic acids is 1. The smallest absolute Gasteiger partial charge is 0.337 e. The molecular formula is C19H21NO4S. The van der Waals surface area contributed by atoms with Crippen molar-refractivity contribution in [3.05, 3.63) is 59.7 Å². The highest BCUT2D eigenvalue weighted by Crippen LogP contribution is 2.34. The van der Waals surface area contributed by atoms with Gasteiger partial charge in [0.25, 0.3) is 10.0 Å². The van der Waals surface area contributed by atoms with Gasteiger partial charge >= 0.3 is 5.97 Å². The molecule has 0 aliphatic heterocycles. The molecule has 0 atom stereocenters. The molecule has 0 aromatic heterocycles. The molecule has 1 saturated carbocycles. The Bertz CT molecular complexity index is 856. The second kappa shape index (κ2) is 7.27. The fourth-order valence-corrected chi connectivity index (χ4v) is 4.42. The van der Waals surface area contributed by atoms with Gasteiger partial charge in [0.2, 0.25) is 0 Å². The monoisotopic (exact) mass is 359 g/mol. The van der Waals surface area contributed by atoms with Crippen LogP contribution in [0.4, 0.5) is 5.69 Å². The SMILES string of the molecule is O=C(O)c1cc(C2CCCCC2)ccc1NS(=O)(=O)c1ccccc1. The third kappa shape index (κ3) is 4.02. The van der Waals surface area contributed by atoms with E-state index in [1.807, 2.05) is 6.07 Å². The molecule has 5 nitrogen and oxygen atoms in total. The number of hydrogen-bond acceptors (Lipinski definition) is 3. The van der Waals surface area contributed by atoms with Crippen molar-refractivity contribution in [1.29, 1.82) is 0 Å². The van der Waals surface area contributed by atoms with Gasteiger partial charge in [-0.05, 0) is 48.6 Å². The lowest BCUT2D eigenvalue weighted by Gasteiger charge is -2.23. The van der Waals surface area contributed by atoms with Gasteiger partial charge in [0.05, 0.1) is 16.1 Å². The number of hydrogen-bond donors (Lipinski definition) is 2. The molecule has 2 aromatic carbocycles. The number of carboxylic acid groups (broad SMARTS) is 1. The summed E-state index contributed by atoms with van der Waals surface area (Å²) in [5, 5.41) is 9.52. The standard InChI is InChI=1S/C19H21NO4S/c21-19(22)17-13-15(14-7-3-1-4-8-14)11-12-18(17)20-25(23,24)16-9-5-2-6-10-16/h2,5-6,9-14,20H,1,3-4,7-8H2,(H,21,22). The van der Waals surface area contributed by atoms with Crippen LogP contribution in [0, 0.1) is 0 Å². The van der Waals surface area contributed by atoms with Crippen molar-refractivity contribution in [3.63, 3.8) is 0 Å². The highest BCUT2D eigenvalue weighted by atomic mass is 32.2. The molecule has 0 saturated heterocycles. The van der Waals surface area contributed by atoms with E-state index in [0.29, 0.717) is 5.92 Å². The summed E-state index contributed by atoms with van der Waals surface area (Å²) in [6, 6.07) is 12.9. The Hall–Kier alpha value is -2.34. The topological polar surface area (TPSA) is 83.5 Å². The van der Waals surface area contributed by atoms with Crippen molar-refractivity contribution in [2.24, 2.45) is 0 Å². The van der Waals surface area contributed by atoms with E-state index in [2.05, 4.69) is 4.72 Å². The number of sulfonamides is 1. The molecule has 0 spiro atoms. The Balaban J connectivity index is 1.92. The van der Waals surface area contributed by atoms with Crippen molar-refractivity contribution in [1.82, 2.24) is 0 Å². The van der Waals surface area contributed by atoms with Gasteiger partial charge in [0.1, 0.15) is 0 Å². The molecule has 0 bridgehead atoms. The lowest BCUT2D eigenvalue weighted by molar-refractivity contribution is 0.0698. The van der Waals surface area contributed by atoms with Crippen LogP contribution < -0.4 is 4.72 Å². The predicted molar refractivity (Wildman–Crippen MR) is 96.5 cm³/mol. The summed E-state index contributed by atoms with van der Waals surface area (Å²) < 4.78 is 27.3. The van der Waals surface area contributed by atoms with Gasteiger partial charge in [-0.1, -0.05) is 43.5 Å². The molecule has 0 heterocycles. The van der Waals surface area contributed by atoms with Crippen LogP contribution in [0.25, 0.3) is 0 Å². The van der Waals surface area contributed by atoms with Crippen LogP contribution in [0.1, 0.15) is 53.9 Å². The van der Waals surface area contributed by atoms with E-state index in [1.54, 1.807) is 30.3 Å². The fourth-order valence-electron chi connectivity index (χ4n) is 3.32. The summed E-state index contributed by atoms with van der Waals surface area (Å²) in [5.74, 6) is -0.782. The Morgan fingerprint density at radius 3 is 2.32 bits per heavy atom. The maximum atomic E-state index is 12.5. The summed E-state index contributed by atoms with van der Waals surface area (Å²) in [7, 11) is -3.82. The van der Waals surface area contributed by atoms with Crippen molar-refractivity contribution in [2.75, 3.05) is 4.72 Å². The van der Waals surface area contributed by atoms with Crippen LogP contribution in [0.3, 0.4) is 0 Å². The predicted octanol–water partition coefficient (Wildman–Crippen LogP) is 4.23. The minimum atomic E-state index is -3.82. The van der Waals surface area contributed by atoms with Crippen LogP contribution in [0.2, 0.25) is 0 Å². The van der Waals surface area contributed by atoms with Gasteiger partial charge in [-0.25, -0.2) is 13.2 Å². The minimum absolute atomic E-state index is 0.0115. The lowest BCUT2D eigenvalue weighted by Crippen LogP contribution is -2.16. The first-order valence-corrected chi connectivity index (χ1v) is 9.91. The molecule has 0 unspecified atom stereocenters. The number of benzene rings is 2. The molecule has 3 rings (SSSR count). The van der Waals surface area contributed by atoms with Gasteiger partial charge in [-0.15, -0.1) is 0 Å². The van der Waals surface area contributed by atoms with Crippen LogP contribution >= 0.6 is 0 Å². The van der Waals surface area contributed by atoms with E-state index in [1.165, 1.54) is 18.6 Å². The molecule has 2 N–H and O–H groups in total. The molecule has 2 aromatic rings. The number of nitrogens with one attached hydrogen (secondary N) is 1. The fraction of sp³-hybridized carbons (Fsp3) is 0.316. The first-order chi connectivity index (χ1) is 12.0. The van der Waals surface area contributed by atoms with E-state index < -0.39 is 16.0 Å². The number of rotatable bonds is 5. The van der Waals surface area contributed by atoms with Gasteiger partial charge in [0.15, 0.2) is 0 Å². The number of aromatic carboxylic acids is 1. The molecule has 0 amide bonds. The van der Waals surface area contributed by atoms with Crippen molar-refractivity contribution >= 4 is 21.7 Å². The Kier molecular flexibility index (Phi) is 5.08. The molecule has 0 radical (unpaired) electrons. The van der Waals surface area contributed by atoms with Gasteiger partial charge in [-0.2, -0.15) is 0 Å².